The highest BCUT2D eigenvalue weighted by Crippen LogP contribution is 2.32. The average Bonchev–Trinajstić information content (AvgIpc) is 2.78. The summed E-state index contributed by atoms with van der Waals surface area (Å²) in [7, 11) is 0. The van der Waals surface area contributed by atoms with Crippen molar-refractivity contribution < 1.29 is 32.2 Å². The summed E-state index contributed by atoms with van der Waals surface area (Å²) in [6.45, 7) is -1.93. The van der Waals surface area contributed by atoms with Crippen molar-refractivity contribution in [1.82, 2.24) is 0 Å². The molecule has 0 unspecified atom stereocenters. The van der Waals surface area contributed by atoms with Crippen LogP contribution in [0.25, 0.3) is 10.1 Å². The largest absolute Gasteiger partial charge is 0.477 e. The van der Waals surface area contributed by atoms with E-state index in [9.17, 15) is 22.4 Å². The summed E-state index contributed by atoms with van der Waals surface area (Å²) in [5, 5.41) is 9.66. The Hall–Kier alpha value is -1.67. The maximum Gasteiger partial charge on any atom is 0.346 e. The van der Waals surface area contributed by atoms with Gasteiger partial charge in [-0.1, -0.05) is 18.2 Å². The predicted molar refractivity (Wildman–Crippen MR) is 69.4 cm³/mol. The van der Waals surface area contributed by atoms with Crippen molar-refractivity contribution in [1.29, 1.82) is 0 Å². The lowest BCUT2D eigenvalue weighted by atomic mass is 10.1. The van der Waals surface area contributed by atoms with Gasteiger partial charge < -0.3 is 9.84 Å². The highest BCUT2D eigenvalue weighted by atomic mass is 32.1. The molecule has 0 fully saturated rings. The van der Waals surface area contributed by atoms with Gasteiger partial charge in [0.05, 0.1) is 6.61 Å². The molecule has 0 amide bonds. The minimum Gasteiger partial charge on any atom is -0.477 e. The quantitative estimate of drug-likeness (QED) is 0.817. The SMILES string of the molecule is O=C(O)c1sc2ccccc2c1COCC(F)(F)C(F)F. The van der Waals surface area contributed by atoms with Crippen molar-refractivity contribution in [2.45, 2.75) is 19.0 Å². The fourth-order valence-corrected chi connectivity index (χ4v) is 2.81. The van der Waals surface area contributed by atoms with Crippen LogP contribution in [0.15, 0.2) is 24.3 Å². The van der Waals surface area contributed by atoms with Gasteiger partial charge in [0.15, 0.2) is 0 Å². The Balaban J connectivity index is 2.21. The third-order valence-corrected chi connectivity index (χ3v) is 3.95. The fraction of sp³-hybridized carbons (Fsp3) is 0.308. The lowest BCUT2D eigenvalue weighted by Crippen LogP contribution is -2.32. The second-order valence-corrected chi connectivity index (χ2v) is 5.32. The summed E-state index contributed by atoms with van der Waals surface area (Å²) in [5.41, 5.74) is 0.216. The summed E-state index contributed by atoms with van der Waals surface area (Å²) in [6, 6.07) is 6.68. The minimum atomic E-state index is -4.25. The topological polar surface area (TPSA) is 46.5 Å². The van der Waals surface area contributed by atoms with Crippen molar-refractivity contribution in [3.8, 4) is 0 Å². The molecule has 21 heavy (non-hydrogen) atoms. The van der Waals surface area contributed by atoms with Crippen LogP contribution in [0.5, 0.6) is 0 Å². The zero-order valence-electron chi connectivity index (χ0n) is 10.5. The predicted octanol–water partition coefficient (Wildman–Crippen LogP) is 4.02. The number of thiophene rings is 1. The molecule has 0 aliphatic rings. The number of carboxylic acid groups (broad SMARTS) is 1. The number of carboxylic acids is 1. The van der Waals surface area contributed by atoms with E-state index in [1.54, 1.807) is 24.3 Å². The van der Waals surface area contributed by atoms with Crippen molar-refractivity contribution in [3.63, 3.8) is 0 Å². The van der Waals surface area contributed by atoms with E-state index >= 15 is 0 Å². The van der Waals surface area contributed by atoms with Crippen LogP contribution in [0.1, 0.15) is 15.2 Å². The van der Waals surface area contributed by atoms with Gasteiger partial charge >= 0.3 is 18.3 Å². The van der Waals surface area contributed by atoms with E-state index < -0.39 is 31.5 Å². The highest BCUT2D eigenvalue weighted by Gasteiger charge is 2.41. The van der Waals surface area contributed by atoms with E-state index in [0.717, 1.165) is 11.3 Å². The maximum absolute atomic E-state index is 12.8. The second-order valence-electron chi connectivity index (χ2n) is 4.27. The van der Waals surface area contributed by atoms with E-state index in [4.69, 9.17) is 5.11 Å². The molecule has 2 aromatic rings. The molecule has 1 N–H and O–H groups in total. The number of rotatable bonds is 6. The molecule has 3 nitrogen and oxygen atoms in total. The first-order valence-electron chi connectivity index (χ1n) is 5.80. The van der Waals surface area contributed by atoms with Gasteiger partial charge in [0.1, 0.15) is 11.5 Å². The molecule has 0 saturated heterocycles. The molecule has 1 heterocycles. The number of hydrogen-bond acceptors (Lipinski definition) is 3. The summed E-state index contributed by atoms with van der Waals surface area (Å²) in [6.07, 6.45) is -3.82. The van der Waals surface area contributed by atoms with Crippen LogP contribution in [-0.2, 0) is 11.3 Å². The van der Waals surface area contributed by atoms with Gasteiger partial charge in [-0.25, -0.2) is 13.6 Å². The van der Waals surface area contributed by atoms with Crippen molar-refractivity contribution in [2.75, 3.05) is 6.61 Å². The van der Waals surface area contributed by atoms with E-state index in [1.807, 2.05) is 0 Å². The number of benzene rings is 1. The molecule has 0 atom stereocenters. The van der Waals surface area contributed by atoms with Crippen LogP contribution in [0.3, 0.4) is 0 Å². The van der Waals surface area contributed by atoms with Gasteiger partial charge in [-0.2, -0.15) is 8.78 Å². The van der Waals surface area contributed by atoms with Gasteiger partial charge in [-0.3, -0.25) is 0 Å². The summed E-state index contributed by atoms with van der Waals surface area (Å²) >= 11 is 0.981. The molecule has 0 aliphatic heterocycles. The van der Waals surface area contributed by atoms with Gasteiger partial charge in [0, 0.05) is 10.3 Å². The monoisotopic (exact) mass is 322 g/mol. The zero-order valence-corrected chi connectivity index (χ0v) is 11.3. The molecule has 1 aromatic heterocycles. The molecule has 0 spiro atoms. The number of fused-ring (bicyclic) bond motifs is 1. The van der Waals surface area contributed by atoms with Crippen LogP contribution >= 0.6 is 11.3 Å². The second kappa shape index (κ2) is 5.98. The minimum absolute atomic E-state index is 0.0448. The Morgan fingerprint density at radius 2 is 2.00 bits per heavy atom. The third-order valence-electron chi connectivity index (χ3n) is 2.75. The number of halogens is 4. The normalized spacial score (nSPS) is 12.2. The lowest BCUT2D eigenvalue weighted by molar-refractivity contribution is -0.168. The van der Waals surface area contributed by atoms with E-state index in [2.05, 4.69) is 4.74 Å². The molecule has 0 aliphatic carbocycles. The first-order valence-corrected chi connectivity index (χ1v) is 6.62. The number of carbonyl (C=O) groups is 1. The van der Waals surface area contributed by atoms with Crippen molar-refractivity contribution in [3.05, 3.63) is 34.7 Å². The van der Waals surface area contributed by atoms with Gasteiger partial charge in [0.2, 0.25) is 0 Å². The Bertz CT molecular complexity index is 654. The maximum atomic E-state index is 12.8. The van der Waals surface area contributed by atoms with E-state index in [-0.39, 0.29) is 10.4 Å². The van der Waals surface area contributed by atoms with Gasteiger partial charge in [-0.15, -0.1) is 11.3 Å². The number of alkyl halides is 4. The first-order chi connectivity index (χ1) is 9.83. The van der Waals surface area contributed by atoms with Gasteiger partial charge in [0.25, 0.3) is 0 Å². The van der Waals surface area contributed by atoms with Crippen molar-refractivity contribution >= 4 is 27.4 Å². The zero-order chi connectivity index (χ0) is 15.6. The molecular weight excluding hydrogens is 312 g/mol. The molecule has 0 bridgehead atoms. The van der Waals surface area contributed by atoms with Crippen LogP contribution in [-0.4, -0.2) is 30.0 Å². The molecular formula is C13H10F4O3S. The molecule has 0 saturated carbocycles. The third kappa shape index (κ3) is 3.33. The summed E-state index contributed by atoms with van der Waals surface area (Å²) < 4.78 is 54.8. The van der Waals surface area contributed by atoms with Crippen molar-refractivity contribution in [2.24, 2.45) is 0 Å². The summed E-state index contributed by atoms with van der Waals surface area (Å²) in [5.74, 6) is -5.47. The molecule has 0 radical (unpaired) electrons. The number of ether oxygens (including phenoxy) is 1. The van der Waals surface area contributed by atoms with E-state index in [0.29, 0.717) is 10.1 Å². The average molecular weight is 322 g/mol. The Morgan fingerprint density at radius 3 is 2.62 bits per heavy atom. The van der Waals surface area contributed by atoms with Crippen LogP contribution < -0.4 is 0 Å². The van der Waals surface area contributed by atoms with Crippen LogP contribution in [0, 0.1) is 0 Å². The van der Waals surface area contributed by atoms with E-state index in [1.165, 1.54) is 0 Å². The first kappa shape index (κ1) is 15.7. The molecule has 1 aromatic carbocycles. The Morgan fingerprint density at radius 1 is 1.33 bits per heavy atom. The smallest absolute Gasteiger partial charge is 0.346 e. The Kier molecular flexibility index (Phi) is 4.48. The van der Waals surface area contributed by atoms with Crippen LogP contribution in [0.2, 0.25) is 0 Å². The molecule has 114 valence electrons. The van der Waals surface area contributed by atoms with Gasteiger partial charge in [-0.05, 0) is 11.5 Å². The number of hydrogen-bond donors (Lipinski definition) is 1. The molecule has 2 rings (SSSR count). The Labute approximate surface area is 120 Å². The number of aromatic carboxylic acids is 1. The molecule has 8 heteroatoms. The van der Waals surface area contributed by atoms with Crippen LogP contribution in [0.4, 0.5) is 17.6 Å². The lowest BCUT2D eigenvalue weighted by Gasteiger charge is -2.15. The highest BCUT2D eigenvalue weighted by molar-refractivity contribution is 7.21. The summed E-state index contributed by atoms with van der Waals surface area (Å²) in [4.78, 5) is 11.1. The standard InChI is InChI=1S/C13H10F4O3S/c14-12(15)13(16,17)6-20-5-8-7-3-1-2-4-9(7)21-10(8)11(18)19/h1-4,12H,5-6H2,(H,18,19). The fourth-order valence-electron chi connectivity index (χ4n) is 1.77.